The van der Waals surface area contributed by atoms with Gasteiger partial charge in [-0.1, -0.05) is 13.8 Å². The number of carbonyl (C=O) groups is 2. The highest BCUT2D eigenvalue weighted by Crippen LogP contribution is 2.29. The molecule has 2 rings (SSSR count). The van der Waals surface area contributed by atoms with Gasteiger partial charge in [-0.05, 0) is 42.8 Å². The van der Waals surface area contributed by atoms with Gasteiger partial charge in [0.05, 0.1) is 0 Å². The van der Waals surface area contributed by atoms with Crippen LogP contribution in [0.1, 0.15) is 24.4 Å². The van der Waals surface area contributed by atoms with E-state index in [1.54, 1.807) is 12.3 Å². The van der Waals surface area contributed by atoms with E-state index < -0.39 is 5.97 Å². The Morgan fingerprint density at radius 2 is 2.00 bits per heavy atom. The summed E-state index contributed by atoms with van der Waals surface area (Å²) in [6.45, 7) is 5.91. The molecule has 0 aromatic carbocycles. The van der Waals surface area contributed by atoms with Crippen LogP contribution in [-0.2, 0) is 9.59 Å². The molecule has 0 spiro atoms. The molecule has 0 saturated carbocycles. The number of hydrogen-bond acceptors (Lipinski definition) is 4. The maximum absolute atomic E-state index is 10.8. The van der Waals surface area contributed by atoms with E-state index in [9.17, 15) is 9.59 Å². The first-order chi connectivity index (χ1) is 10.1. The lowest BCUT2D eigenvalue weighted by Gasteiger charge is -1.97. The zero-order valence-corrected chi connectivity index (χ0v) is 13.0. The Morgan fingerprint density at radius 3 is 2.57 bits per heavy atom. The monoisotopic (exact) mass is 303 g/mol. The van der Waals surface area contributed by atoms with Gasteiger partial charge in [0.25, 0.3) is 0 Å². The molecule has 2 aromatic heterocycles. The number of carboxylic acid groups (broad SMARTS) is 1. The number of thiophene rings is 1. The number of aliphatic carboxylic acids is 1. The van der Waals surface area contributed by atoms with Gasteiger partial charge in [-0.25, -0.2) is 4.79 Å². The molecule has 2 heterocycles. The van der Waals surface area contributed by atoms with Crippen LogP contribution in [0.4, 0.5) is 0 Å². The van der Waals surface area contributed by atoms with Crippen LogP contribution in [0.2, 0.25) is 0 Å². The summed E-state index contributed by atoms with van der Waals surface area (Å²) in [4.78, 5) is 27.2. The van der Waals surface area contributed by atoms with Crippen molar-refractivity contribution in [2.45, 2.75) is 20.8 Å². The Morgan fingerprint density at radius 1 is 1.29 bits per heavy atom. The van der Waals surface area contributed by atoms with Crippen molar-refractivity contribution in [3.8, 4) is 10.4 Å². The SMILES string of the molecule is CC.Cc1cc(-c2ccc(/C=C(/C=O)C(=O)O)s2)ccn1. The average molecular weight is 303 g/mol. The second-order valence-electron chi connectivity index (χ2n) is 3.91. The van der Waals surface area contributed by atoms with Gasteiger partial charge in [0.2, 0.25) is 0 Å². The van der Waals surface area contributed by atoms with Crippen molar-refractivity contribution < 1.29 is 14.7 Å². The van der Waals surface area contributed by atoms with Crippen LogP contribution >= 0.6 is 11.3 Å². The summed E-state index contributed by atoms with van der Waals surface area (Å²) in [5.41, 5.74) is 1.70. The number of hydrogen-bond donors (Lipinski definition) is 1. The number of aryl methyl sites for hydroxylation is 1. The molecule has 0 bridgehead atoms. The summed E-state index contributed by atoms with van der Waals surface area (Å²) >= 11 is 1.43. The summed E-state index contributed by atoms with van der Waals surface area (Å²) in [5, 5.41) is 8.79. The molecular formula is C16H17NO3S. The molecule has 21 heavy (non-hydrogen) atoms. The zero-order chi connectivity index (χ0) is 15.8. The second kappa shape index (κ2) is 8.11. The van der Waals surface area contributed by atoms with E-state index >= 15 is 0 Å². The van der Waals surface area contributed by atoms with Gasteiger partial charge in [-0.15, -0.1) is 11.3 Å². The van der Waals surface area contributed by atoms with Gasteiger partial charge >= 0.3 is 5.97 Å². The van der Waals surface area contributed by atoms with E-state index in [0.29, 0.717) is 6.29 Å². The molecule has 0 fully saturated rings. The van der Waals surface area contributed by atoms with Crippen molar-refractivity contribution in [1.29, 1.82) is 0 Å². The molecule has 0 unspecified atom stereocenters. The summed E-state index contributed by atoms with van der Waals surface area (Å²) in [6, 6.07) is 7.54. The lowest BCUT2D eigenvalue weighted by Crippen LogP contribution is -2.00. The van der Waals surface area contributed by atoms with Crippen molar-refractivity contribution in [3.05, 3.63) is 46.6 Å². The normalized spacial score (nSPS) is 10.5. The number of rotatable bonds is 4. The topological polar surface area (TPSA) is 67.3 Å². The van der Waals surface area contributed by atoms with E-state index in [-0.39, 0.29) is 5.57 Å². The number of aromatic nitrogens is 1. The predicted molar refractivity (Wildman–Crippen MR) is 85.3 cm³/mol. The highest BCUT2D eigenvalue weighted by atomic mass is 32.1. The predicted octanol–water partition coefficient (Wildman–Crippen LogP) is 3.81. The van der Waals surface area contributed by atoms with Crippen molar-refractivity contribution in [1.82, 2.24) is 4.98 Å². The maximum atomic E-state index is 10.8. The second-order valence-corrected chi connectivity index (χ2v) is 5.03. The van der Waals surface area contributed by atoms with Crippen molar-refractivity contribution in [3.63, 3.8) is 0 Å². The van der Waals surface area contributed by atoms with Crippen LogP contribution < -0.4 is 0 Å². The Hall–Kier alpha value is -2.27. The fourth-order valence-electron chi connectivity index (χ4n) is 1.58. The smallest absolute Gasteiger partial charge is 0.339 e. The van der Waals surface area contributed by atoms with Gasteiger partial charge in [0, 0.05) is 21.6 Å². The molecule has 0 aliphatic carbocycles. The molecule has 0 aliphatic rings. The Kier molecular flexibility index (Phi) is 6.49. The molecule has 110 valence electrons. The summed E-state index contributed by atoms with van der Waals surface area (Å²) in [5.74, 6) is -1.22. The molecule has 2 aromatic rings. The van der Waals surface area contributed by atoms with Crippen LogP contribution in [0.3, 0.4) is 0 Å². The number of carboxylic acids is 1. The first-order valence-corrected chi connectivity index (χ1v) is 7.35. The Bertz CT molecular complexity index is 659. The lowest BCUT2D eigenvalue weighted by atomic mass is 10.2. The minimum Gasteiger partial charge on any atom is -0.478 e. The molecule has 0 atom stereocenters. The standard InChI is InChI=1S/C14H11NO3S.C2H6/c1-9-6-10(4-5-15-9)13-3-2-12(19-13)7-11(8-16)14(17)18;1-2/h2-8H,1H3,(H,17,18);1-2H3/b11-7-;. The van der Waals surface area contributed by atoms with Crippen molar-refractivity contribution >= 4 is 29.7 Å². The molecule has 4 nitrogen and oxygen atoms in total. The zero-order valence-electron chi connectivity index (χ0n) is 12.2. The van der Waals surface area contributed by atoms with Crippen LogP contribution in [0.5, 0.6) is 0 Å². The highest BCUT2D eigenvalue weighted by Gasteiger charge is 2.07. The maximum Gasteiger partial charge on any atom is 0.339 e. The first kappa shape index (κ1) is 16.8. The van der Waals surface area contributed by atoms with Crippen LogP contribution in [-0.4, -0.2) is 22.3 Å². The molecule has 1 N–H and O–H groups in total. The molecule has 5 heteroatoms. The van der Waals surface area contributed by atoms with Crippen LogP contribution in [0, 0.1) is 6.92 Å². The van der Waals surface area contributed by atoms with E-state index in [1.807, 2.05) is 39.0 Å². The van der Waals surface area contributed by atoms with E-state index in [1.165, 1.54) is 17.4 Å². The highest BCUT2D eigenvalue weighted by molar-refractivity contribution is 7.16. The van der Waals surface area contributed by atoms with E-state index in [4.69, 9.17) is 5.11 Å². The lowest BCUT2D eigenvalue weighted by molar-refractivity contribution is -0.133. The first-order valence-electron chi connectivity index (χ1n) is 6.53. The fourth-order valence-corrected chi connectivity index (χ4v) is 2.54. The van der Waals surface area contributed by atoms with Gasteiger partial charge in [-0.2, -0.15) is 0 Å². The third-order valence-corrected chi connectivity index (χ3v) is 3.56. The van der Waals surface area contributed by atoms with E-state index in [0.717, 1.165) is 21.0 Å². The van der Waals surface area contributed by atoms with Crippen molar-refractivity contribution in [2.24, 2.45) is 0 Å². The summed E-state index contributed by atoms with van der Waals surface area (Å²) < 4.78 is 0. The average Bonchev–Trinajstić information content (AvgIpc) is 2.95. The third-order valence-electron chi connectivity index (χ3n) is 2.48. The number of nitrogens with zero attached hydrogens (tertiary/aromatic N) is 1. The van der Waals surface area contributed by atoms with Crippen LogP contribution in [0.15, 0.2) is 36.0 Å². The van der Waals surface area contributed by atoms with Gasteiger partial charge < -0.3 is 5.11 Å². The van der Waals surface area contributed by atoms with Crippen molar-refractivity contribution in [2.75, 3.05) is 0 Å². The number of pyridine rings is 1. The van der Waals surface area contributed by atoms with Gasteiger partial charge in [0.1, 0.15) is 5.57 Å². The largest absolute Gasteiger partial charge is 0.478 e. The Balaban J connectivity index is 0.00000106. The molecule has 0 saturated heterocycles. The number of aldehydes is 1. The molecule has 0 radical (unpaired) electrons. The molecular weight excluding hydrogens is 286 g/mol. The minimum atomic E-state index is -1.22. The third kappa shape index (κ3) is 4.65. The van der Waals surface area contributed by atoms with E-state index in [2.05, 4.69) is 4.98 Å². The summed E-state index contributed by atoms with van der Waals surface area (Å²) in [6.07, 6.45) is 3.45. The van der Waals surface area contributed by atoms with Gasteiger partial charge in [0.15, 0.2) is 6.29 Å². The van der Waals surface area contributed by atoms with Crippen LogP contribution in [0.25, 0.3) is 16.5 Å². The number of carbonyl (C=O) groups excluding carboxylic acids is 1. The summed E-state index contributed by atoms with van der Waals surface area (Å²) in [7, 11) is 0. The Labute approximate surface area is 127 Å². The molecule has 0 amide bonds. The van der Waals surface area contributed by atoms with Gasteiger partial charge in [-0.3, -0.25) is 9.78 Å². The molecule has 0 aliphatic heterocycles. The minimum absolute atomic E-state index is 0.251. The quantitative estimate of drug-likeness (QED) is 0.403. The fraction of sp³-hybridized carbons (Fsp3) is 0.188.